The molecule has 1 amide bonds. The molecule has 0 radical (unpaired) electrons. The van der Waals surface area contributed by atoms with E-state index in [4.69, 9.17) is 0 Å². The second-order valence-electron chi connectivity index (χ2n) is 4.88. The Morgan fingerprint density at radius 3 is 2.36 bits per heavy atom. The second-order valence-corrected chi connectivity index (χ2v) is 4.88. The summed E-state index contributed by atoms with van der Waals surface area (Å²) in [5, 5.41) is 12.9. The number of benzene rings is 1. The highest BCUT2D eigenvalue weighted by Gasteiger charge is 2.40. The van der Waals surface area contributed by atoms with Crippen molar-refractivity contribution in [3.8, 4) is 5.69 Å². The molecule has 128 valence electrons. The van der Waals surface area contributed by atoms with Gasteiger partial charge in [0.05, 0.1) is 35.5 Å². The van der Waals surface area contributed by atoms with Crippen molar-refractivity contribution < 1.29 is 22.4 Å². The van der Waals surface area contributed by atoms with Crippen LogP contribution in [0.4, 0.5) is 23.2 Å². The summed E-state index contributed by atoms with van der Waals surface area (Å²) < 4.78 is 53.9. The molecule has 25 heavy (non-hydrogen) atoms. The molecule has 10 heteroatoms. The standard InChI is InChI=1S/C15H9F4N5O/c16-9-1-3-11(4-2-9)24-13(15(17,18)19)12(8-22-24)14(25)23-10-5-6-20-21-7-10/h1-8H,(H,20,23,25). The predicted molar refractivity (Wildman–Crippen MR) is 78.5 cm³/mol. The van der Waals surface area contributed by atoms with E-state index >= 15 is 0 Å². The number of anilines is 1. The van der Waals surface area contributed by atoms with E-state index in [0.29, 0.717) is 4.68 Å². The number of rotatable bonds is 3. The minimum Gasteiger partial charge on any atom is -0.320 e. The van der Waals surface area contributed by atoms with Gasteiger partial charge in [-0.25, -0.2) is 9.07 Å². The first-order valence-electron chi connectivity index (χ1n) is 6.85. The Bertz CT molecular complexity index is 891. The molecule has 2 aromatic heterocycles. The first-order valence-corrected chi connectivity index (χ1v) is 6.85. The number of hydrogen-bond acceptors (Lipinski definition) is 4. The van der Waals surface area contributed by atoms with Gasteiger partial charge in [-0.15, -0.1) is 0 Å². The molecule has 0 saturated carbocycles. The molecule has 0 unspecified atom stereocenters. The Kier molecular flexibility index (Phi) is 4.17. The van der Waals surface area contributed by atoms with Gasteiger partial charge in [0.25, 0.3) is 5.91 Å². The van der Waals surface area contributed by atoms with Crippen LogP contribution in [-0.2, 0) is 6.18 Å². The molecule has 0 atom stereocenters. The Hall–Kier alpha value is -3.30. The van der Waals surface area contributed by atoms with E-state index in [1.807, 2.05) is 0 Å². The molecule has 0 aliphatic carbocycles. The van der Waals surface area contributed by atoms with E-state index in [-0.39, 0.29) is 11.4 Å². The molecule has 0 bridgehead atoms. The third-order valence-corrected chi connectivity index (χ3v) is 3.20. The highest BCUT2D eigenvalue weighted by molar-refractivity contribution is 6.05. The fraction of sp³-hybridized carbons (Fsp3) is 0.0667. The van der Waals surface area contributed by atoms with Crippen molar-refractivity contribution in [2.75, 3.05) is 5.32 Å². The summed E-state index contributed by atoms with van der Waals surface area (Å²) in [5.74, 6) is -1.61. The van der Waals surface area contributed by atoms with E-state index in [1.54, 1.807) is 0 Å². The maximum atomic E-state index is 13.5. The van der Waals surface area contributed by atoms with Gasteiger partial charge in [0, 0.05) is 0 Å². The molecule has 3 aromatic rings. The van der Waals surface area contributed by atoms with Gasteiger partial charge in [-0.2, -0.15) is 28.5 Å². The second kappa shape index (κ2) is 6.30. The van der Waals surface area contributed by atoms with Crippen molar-refractivity contribution in [2.45, 2.75) is 6.18 Å². The van der Waals surface area contributed by atoms with Crippen molar-refractivity contribution in [1.29, 1.82) is 0 Å². The largest absolute Gasteiger partial charge is 0.434 e. The number of alkyl halides is 3. The van der Waals surface area contributed by atoms with E-state index in [0.717, 1.165) is 30.5 Å². The first kappa shape index (κ1) is 16.6. The van der Waals surface area contributed by atoms with Gasteiger partial charge in [0.15, 0.2) is 5.69 Å². The van der Waals surface area contributed by atoms with Gasteiger partial charge in [0.1, 0.15) is 5.82 Å². The number of amides is 1. The lowest BCUT2D eigenvalue weighted by molar-refractivity contribution is -0.143. The van der Waals surface area contributed by atoms with Gasteiger partial charge in [-0.05, 0) is 30.3 Å². The van der Waals surface area contributed by atoms with Crippen LogP contribution in [0.15, 0.2) is 48.9 Å². The average Bonchev–Trinajstić information content (AvgIpc) is 3.02. The fourth-order valence-corrected chi connectivity index (χ4v) is 2.13. The van der Waals surface area contributed by atoms with Crippen LogP contribution in [0, 0.1) is 5.82 Å². The Morgan fingerprint density at radius 1 is 1.04 bits per heavy atom. The van der Waals surface area contributed by atoms with Crippen molar-refractivity contribution in [3.05, 3.63) is 66.0 Å². The van der Waals surface area contributed by atoms with E-state index in [2.05, 4.69) is 20.6 Å². The van der Waals surface area contributed by atoms with Crippen LogP contribution in [-0.4, -0.2) is 25.9 Å². The van der Waals surface area contributed by atoms with Crippen LogP contribution >= 0.6 is 0 Å². The molecule has 6 nitrogen and oxygen atoms in total. The van der Waals surface area contributed by atoms with Crippen LogP contribution in [0.5, 0.6) is 0 Å². The van der Waals surface area contributed by atoms with Crippen LogP contribution in [0.1, 0.15) is 16.1 Å². The Morgan fingerprint density at radius 2 is 1.76 bits per heavy atom. The zero-order valence-electron chi connectivity index (χ0n) is 12.3. The fourth-order valence-electron chi connectivity index (χ4n) is 2.13. The summed E-state index contributed by atoms with van der Waals surface area (Å²) in [6, 6.07) is 5.64. The monoisotopic (exact) mass is 351 g/mol. The summed E-state index contributed by atoms with van der Waals surface area (Å²) in [7, 11) is 0. The van der Waals surface area contributed by atoms with Crippen molar-refractivity contribution in [3.63, 3.8) is 0 Å². The Balaban J connectivity index is 2.03. The molecule has 1 N–H and O–H groups in total. The van der Waals surface area contributed by atoms with Crippen molar-refractivity contribution >= 4 is 11.6 Å². The average molecular weight is 351 g/mol. The number of carbonyl (C=O) groups is 1. The number of carbonyl (C=O) groups excluding carboxylic acids is 1. The number of halogens is 4. The number of nitrogens with one attached hydrogen (secondary N) is 1. The van der Waals surface area contributed by atoms with E-state index < -0.39 is 29.2 Å². The van der Waals surface area contributed by atoms with Crippen LogP contribution < -0.4 is 5.32 Å². The molecule has 0 aliphatic heterocycles. The molecule has 2 heterocycles. The lowest BCUT2D eigenvalue weighted by Crippen LogP contribution is -2.20. The number of hydrogen-bond donors (Lipinski definition) is 1. The SMILES string of the molecule is O=C(Nc1ccnnc1)c1cnn(-c2ccc(F)cc2)c1C(F)(F)F. The molecule has 1 aromatic carbocycles. The maximum absolute atomic E-state index is 13.5. The van der Waals surface area contributed by atoms with Crippen LogP contribution in [0.2, 0.25) is 0 Å². The normalized spacial score (nSPS) is 11.4. The minimum atomic E-state index is -4.85. The quantitative estimate of drug-likeness (QED) is 0.736. The summed E-state index contributed by atoms with van der Waals surface area (Å²) in [6.07, 6.45) is -1.58. The smallest absolute Gasteiger partial charge is 0.320 e. The Labute approximate surface area is 138 Å². The number of nitrogens with zero attached hydrogens (tertiary/aromatic N) is 4. The zero-order valence-corrected chi connectivity index (χ0v) is 12.3. The predicted octanol–water partition coefficient (Wildman–Crippen LogP) is 3.07. The molecule has 0 fully saturated rings. The van der Waals surface area contributed by atoms with E-state index in [1.165, 1.54) is 18.5 Å². The van der Waals surface area contributed by atoms with Gasteiger partial charge in [0.2, 0.25) is 0 Å². The molecule has 0 aliphatic rings. The minimum absolute atomic E-state index is 0.0293. The number of aromatic nitrogens is 4. The summed E-state index contributed by atoms with van der Waals surface area (Å²) in [4.78, 5) is 12.2. The van der Waals surface area contributed by atoms with Gasteiger partial charge >= 0.3 is 6.18 Å². The van der Waals surface area contributed by atoms with Gasteiger partial charge in [-0.3, -0.25) is 4.79 Å². The summed E-state index contributed by atoms with van der Waals surface area (Å²) in [6.45, 7) is 0. The lowest BCUT2D eigenvalue weighted by Gasteiger charge is -2.12. The zero-order chi connectivity index (χ0) is 18.0. The first-order chi connectivity index (χ1) is 11.9. The summed E-state index contributed by atoms with van der Waals surface area (Å²) in [5.41, 5.74) is -1.78. The van der Waals surface area contributed by atoms with Crippen LogP contribution in [0.25, 0.3) is 5.69 Å². The molecule has 3 rings (SSSR count). The topological polar surface area (TPSA) is 72.7 Å². The summed E-state index contributed by atoms with van der Waals surface area (Å²) >= 11 is 0. The molecule has 0 saturated heterocycles. The third-order valence-electron chi connectivity index (χ3n) is 3.20. The maximum Gasteiger partial charge on any atom is 0.434 e. The molecule has 0 spiro atoms. The highest BCUT2D eigenvalue weighted by Crippen LogP contribution is 2.34. The van der Waals surface area contributed by atoms with Crippen molar-refractivity contribution in [2.24, 2.45) is 0 Å². The highest BCUT2D eigenvalue weighted by atomic mass is 19.4. The third kappa shape index (κ3) is 3.47. The van der Waals surface area contributed by atoms with Gasteiger partial charge < -0.3 is 5.32 Å². The van der Waals surface area contributed by atoms with Crippen molar-refractivity contribution in [1.82, 2.24) is 20.0 Å². The van der Waals surface area contributed by atoms with Crippen LogP contribution in [0.3, 0.4) is 0 Å². The lowest BCUT2D eigenvalue weighted by atomic mass is 10.2. The van der Waals surface area contributed by atoms with E-state index in [9.17, 15) is 22.4 Å². The van der Waals surface area contributed by atoms with Gasteiger partial charge in [-0.1, -0.05) is 0 Å². The molecular weight excluding hydrogens is 342 g/mol. The molecular formula is C15H9F4N5O.